The number of ether oxygens (including phenoxy) is 1. The highest BCUT2D eigenvalue weighted by Gasteiger charge is 2.22. The number of nitrogens with one attached hydrogen (secondary N) is 1. The predicted octanol–water partition coefficient (Wildman–Crippen LogP) is 2.99. The Hall–Kier alpha value is -1.71. The summed E-state index contributed by atoms with van der Waals surface area (Å²) in [6.45, 7) is 4.30. The molecule has 20 heavy (non-hydrogen) atoms. The second-order valence-electron chi connectivity index (χ2n) is 5.25. The zero-order valence-corrected chi connectivity index (χ0v) is 12.4. The quantitative estimate of drug-likeness (QED) is 0.922. The third-order valence-electron chi connectivity index (χ3n) is 3.87. The summed E-state index contributed by atoms with van der Waals surface area (Å²) >= 11 is 0. The summed E-state index contributed by atoms with van der Waals surface area (Å²) in [7, 11) is 1.68. The topological polar surface area (TPSA) is 41.6 Å². The molecule has 1 fully saturated rings. The number of nitrogens with zero attached hydrogens (tertiary/aromatic N) is 1. The molecule has 1 saturated heterocycles. The Morgan fingerprint density at radius 1 is 1.35 bits per heavy atom. The fourth-order valence-electron chi connectivity index (χ4n) is 2.74. The molecular formula is C16H24N2O2. The number of methoxy groups -OCH3 is 1. The van der Waals surface area contributed by atoms with Crippen LogP contribution in [0.15, 0.2) is 24.3 Å². The van der Waals surface area contributed by atoms with Crippen LogP contribution in [0.2, 0.25) is 0 Å². The molecule has 1 N–H and O–H groups in total. The van der Waals surface area contributed by atoms with Crippen molar-refractivity contribution in [2.75, 3.05) is 26.7 Å². The van der Waals surface area contributed by atoms with E-state index in [1.54, 1.807) is 7.11 Å². The standard InChI is InChI=1S/C16H24N2O2/c1-3-17-16(19)18-11-5-4-6-14(12-18)13-7-9-15(20-2)10-8-13/h7-10,14H,3-6,11-12H2,1-2H3,(H,17,19). The van der Waals surface area contributed by atoms with Crippen LogP contribution in [0, 0.1) is 0 Å². The largest absolute Gasteiger partial charge is 0.497 e. The van der Waals surface area contributed by atoms with Gasteiger partial charge in [0.1, 0.15) is 5.75 Å². The lowest BCUT2D eigenvalue weighted by Gasteiger charge is -2.25. The van der Waals surface area contributed by atoms with Gasteiger partial charge in [0.05, 0.1) is 7.11 Å². The van der Waals surface area contributed by atoms with Gasteiger partial charge in [-0.3, -0.25) is 0 Å². The molecule has 0 radical (unpaired) electrons. The van der Waals surface area contributed by atoms with Gasteiger partial charge in [-0.2, -0.15) is 0 Å². The third-order valence-corrected chi connectivity index (χ3v) is 3.87. The molecule has 2 amide bonds. The number of hydrogen-bond acceptors (Lipinski definition) is 2. The highest BCUT2D eigenvalue weighted by atomic mass is 16.5. The molecule has 1 atom stereocenters. The van der Waals surface area contributed by atoms with Crippen molar-refractivity contribution >= 4 is 6.03 Å². The van der Waals surface area contributed by atoms with Crippen molar-refractivity contribution in [3.8, 4) is 5.75 Å². The molecule has 0 saturated carbocycles. The van der Waals surface area contributed by atoms with E-state index in [0.717, 1.165) is 31.7 Å². The molecule has 0 aromatic heterocycles. The predicted molar refractivity (Wildman–Crippen MR) is 80.2 cm³/mol. The highest BCUT2D eigenvalue weighted by molar-refractivity contribution is 5.74. The summed E-state index contributed by atoms with van der Waals surface area (Å²) in [5.74, 6) is 1.30. The molecule has 0 aliphatic carbocycles. The SMILES string of the molecule is CCNC(=O)N1CCCCC(c2ccc(OC)cc2)C1. The van der Waals surface area contributed by atoms with Gasteiger partial charge in [0, 0.05) is 25.6 Å². The van der Waals surface area contributed by atoms with Crippen LogP contribution in [-0.2, 0) is 0 Å². The van der Waals surface area contributed by atoms with Crippen LogP contribution >= 0.6 is 0 Å². The average molecular weight is 276 g/mol. The van der Waals surface area contributed by atoms with Crippen LogP contribution in [0.3, 0.4) is 0 Å². The Labute approximate surface area is 121 Å². The zero-order valence-electron chi connectivity index (χ0n) is 12.4. The van der Waals surface area contributed by atoms with E-state index < -0.39 is 0 Å². The Balaban J connectivity index is 2.07. The van der Waals surface area contributed by atoms with Gasteiger partial charge < -0.3 is 15.0 Å². The first-order chi connectivity index (χ1) is 9.74. The Kier molecular flexibility index (Phi) is 5.27. The molecule has 4 nitrogen and oxygen atoms in total. The van der Waals surface area contributed by atoms with Crippen molar-refractivity contribution in [2.24, 2.45) is 0 Å². The fourth-order valence-corrected chi connectivity index (χ4v) is 2.74. The molecule has 1 aromatic rings. The first-order valence-corrected chi connectivity index (χ1v) is 7.41. The number of rotatable bonds is 3. The molecule has 1 heterocycles. The van der Waals surface area contributed by atoms with Gasteiger partial charge in [0.2, 0.25) is 0 Å². The van der Waals surface area contributed by atoms with Crippen LogP contribution in [0.5, 0.6) is 5.75 Å². The maximum Gasteiger partial charge on any atom is 0.317 e. The van der Waals surface area contributed by atoms with Crippen LogP contribution in [0.4, 0.5) is 4.79 Å². The lowest BCUT2D eigenvalue weighted by molar-refractivity contribution is 0.198. The number of likely N-dealkylation sites (tertiary alicyclic amines) is 1. The van der Waals surface area contributed by atoms with E-state index in [1.807, 2.05) is 24.0 Å². The number of benzene rings is 1. The summed E-state index contributed by atoms with van der Waals surface area (Å²) < 4.78 is 5.20. The Morgan fingerprint density at radius 2 is 2.10 bits per heavy atom. The number of carbonyl (C=O) groups excluding carboxylic acids is 1. The zero-order chi connectivity index (χ0) is 14.4. The Bertz CT molecular complexity index is 431. The smallest absolute Gasteiger partial charge is 0.317 e. The fraction of sp³-hybridized carbons (Fsp3) is 0.562. The van der Waals surface area contributed by atoms with Gasteiger partial charge >= 0.3 is 6.03 Å². The van der Waals surface area contributed by atoms with E-state index in [0.29, 0.717) is 12.5 Å². The van der Waals surface area contributed by atoms with Crippen molar-refractivity contribution < 1.29 is 9.53 Å². The maximum atomic E-state index is 12.0. The minimum Gasteiger partial charge on any atom is -0.497 e. The van der Waals surface area contributed by atoms with Gasteiger partial charge in [-0.15, -0.1) is 0 Å². The van der Waals surface area contributed by atoms with Crippen molar-refractivity contribution in [2.45, 2.75) is 32.1 Å². The minimum atomic E-state index is 0.0629. The first kappa shape index (κ1) is 14.7. The molecule has 0 spiro atoms. The van der Waals surface area contributed by atoms with E-state index in [-0.39, 0.29) is 6.03 Å². The molecule has 1 aromatic carbocycles. The number of amides is 2. The summed E-state index contributed by atoms with van der Waals surface area (Å²) in [4.78, 5) is 14.0. The van der Waals surface area contributed by atoms with Crippen LogP contribution in [0.1, 0.15) is 37.7 Å². The molecule has 0 bridgehead atoms. The van der Waals surface area contributed by atoms with Crippen molar-refractivity contribution in [3.05, 3.63) is 29.8 Å². The third kappa shape index (κ3) is 3.65. The molecule has 1 aliphatic heterocycles. The second-order valence-corrected chi connectivity index (χ2v) is 5.25. The molecular weight excluding hydrogens is 252 g/mol. The monoisotopic (exact) mass is 276 g/mol. The van der Waals surface area contributed by atoms with Crippen molar-refractivity contribution in [1.82, 2.24) is 10.2 Å². The second kappa shape index (κ2) is 7.17. The molecule has 1 unspecified atom stereocenters. The minimum absolute atomic E-state index is 0.0629. The molecule has 110 valence electrons. The lowest BCUT2D eigenvalue weighted by Crippen LogP contribution is -2.41. The molecule has 2 rings (SSSR count). The van der Waals surface area contributed by atoms with Gasteiger partial charge in [0.25, 0.3) is 0 Å². The number of urea groups is 1. The van der Waals surface area contributed by atoms with Crippen molar-refractivity contribution in [3.63, 3.8) is 0 Å². The number of carbonyl (C=O) groups is 1. The van der Waals surface area contributed by atoms with Gasteiger partial charge in [-0.1, -0.05) is 18.6 Å². The van der Waals surface area contributed by atoms with Gasteiger partial charge in [-0.25, -0.2) is 4.79 Å². The molecule has 4 heteroatoms. The number of hydrogen-bond donors (Lipinski definition) is 1. The summed E-state index contributed by atoms with van der Waals surface area (Å²) in [5.41, 5.74) is 1.29. The van der Waals surface area contributed by atoms with Crippen LogP contribution in [-0.4, -0.2) is 37.7 Å². The molecule has 1 aliphatic rings. The van der Waals surface area contributed by atoms with E-state index in [9.17, 15) is 4.79 Å². The normalized spacial score (nSPS) is 19.3. The lowest BCUT2D eigenvalue weighted by atomic mass is 9.94. The van der Waals surface area contributed by atoms with Gasteiger partial charge in [-0.05, 0) is 37.5 Å². The summed E-state index contributed by atoms with van der Waals surface area (Å²) in [6.07, 6.45) is 3.40. The average Bonchev–Trinajstić information content (AvgIpc) is 2.74. The Morgan fingerprint density at radius 3 is 2.75 bits per heavy atom. The van der Waals surface area contributed by atoms with E-state index >= 15 is 0 Å². The van der Waals surface area contributed by atoms with E-state index in [1.165, 1.54) is 12.0 Å². The maximum absolute atomic E-state index is 12.0. The summed E-state index contributed by atoms with van der Waals surface area (Å²) in [5, 5.41) is 2.90. The van der Waals surface area contributed by atoms with E-state index in [4.69, 9.17) is 4.74 Å². The van der Waals surface area contributed by atoms with Crippen LogP contribution in [0.25, 0.3) is 0 Å². The highest BCUT2D eigenvalue weighted by Crippen LogP contribution is 2.27. The van der Waals surface area contributed by atoms with Crippen LogP contribution < -0.4 is 10.1 Å². The van der Waals surface area contributed by atoms with E-state index in [2.05, 4.69) is 17.4 Å². The van der Waals surface area contributed by atoms with Gasteiger partial charge in [0.15, 0.2) is 0 Å². The van der Waals surface area contributed by atoms with Crippen molar-refractivity contribution in [1.29, 1.82) is 0 Å². The first-order valence-electron chi connectivity index (χ1n) is 7.41. The summed E-state index contributed by atoms with van der Waals surface area (Å²) in [6, 6.07) is 8.29.